The summed E-state index contributed by atoms with van der Waals surface area (Å²) in [4.78, 5) is 12.6. The first-order chi connectivity index (χ1) is 13.9. The van der Waals surface area contributed by atoms with Crippen LogP contribution in [0.3, 0.4) is 0 Å². The molecule has 1 unspecified atom stereocenters. The molecule has 0 radical (unpaired) electrons. The molecule has 0 fully saturated rings. The maximum absolute atomic E-state index is 12.6. The lowest BCUT2D eigenvalue weighted by Gasteiger charge is -2.26. The molecule has 0 aromatic heterocycles. The largest absolute Gasteiger partial charge is 0.368 e. The van der Waals surface area contributed by atoms with Gasteiger partial charge in [0.05, 0.1) is 5.75 Å². The number of amides is 1. The second-order valence-electron chi connectivity index (χ2n) is 7.07. The van der Waals surface area contributed by atoms with E-state index < -0.39 is 0 Å². The molecule has 0 saturated carbocycles. The van der Waals surface area contributed by atoms with Crippen LogP contribution in [-0.4, -0.2) is 22.4 Å². The molecule has 3 atom stereocenters. The van der Waals surface area contributed by atoms with Gasteiger partial charge >= 0.3 is 0 Å². The summed E-state index contributed by atoms with van der Waals surface area (Å²) in [7, 11) is 0. The number of hydrogen-bond acceptors (Lipinski definition) is 4. The Morgan fingerprint density at radius 1 is 1.14 bits per heavy atom. The van der Waals surface area contributed by atoms with Crippen molar-refractivity contribution in [2.45, 2.75) is 36.9 Å². The minimum Gasteiger partial charge on any atom is -0.368 e. The van der Waals surface area contributed by atoms with Crippen LogP contribution in [0.4, 0.5) is 0 Å². The van der Waals surface area contributed by atoms with E-state index in [2.05, 4.69) is 23.0 Å². The van der Waals surface area contributed by atoms with E-state index in [-0.39, 0.29) is 22.6 Å². The van der Waals surface area contributed by atoms with Crippen LogP contribution < -0.4 is 10.6 Å². The summed E-state index contributed by atoms with van der Waals surface area (Å²) in [5, 5.41) is 10.0. The summed E-state index contributed by atoms with van der Waals surface area (Å²) in [6.45, 7) is 4.09. The zero-order valence-corrected chi connectivity index (χ0v) is 19.5. The van der Waals surface area contributed by atoms with Crippen LogP contribution in [0.2, 0.25) is 10.0 Å². The molecule has 1 aliphatic heterocycles. The van der Waals surface area contributed by atoms with Crippen molar-refractivity contribution in [3.05, 3.63) is 80.8 Å². The van der Waals surface area contributed by atoms with Crippen molar-refractivity contribution < 1.29 is 4.79 Å². The normalized spacial score (nSPS) is 17.9. The number of thioether (sulfide) groups is 2. The van der Waals surface area contributed by atoms with E-state index in [4.69, 9.17) is 23.2 Å². The van der Waals surface area contributed by atoms with Crippen molar-refractivity contribution in [2.75, 3.05) is 5.75 Å². The molecule has 3 rings (SSSR count). The number of allylic oxidation sites excluding steroid dienone is 1. The Kier molecular flexibility index (Phi) is 8.25. The van der Waals surface area contributed by atoms with Gasteiger partial charge in [0.15, 0.2) is 0 Å². The van der Waals surface area contributed by atoms with Crippen molar-refractivity contribution in [2.24, 2.45) is 0 Å². The van der Waals surface area contributed by atoms with E-state index in [9.17, 15) is 4.79 Å². The van der Waals surface area contributed by atoms with Crippen molar-refractivity contribution in [3.8, 4) is 0 Å². The number of benzene rings is 2. The summed E-state index contributed by atoms with van der Waals surface area (Å²) >= 11 is 15.4. The Hall–Kier alpha value is -1.27. The molecular formula is C22H24Cl2N2OS2. The highest BCUT2D eigenvalue weighted by Gasteiger charge is 2.23. The molecule has 2 aromatic rings. The molecule has 0 bridgehead atoms. The Labute approximate surface area is 191 Å². The molecule has 7 heteroatoms. The van der Waals surface area contributed by atoms with Crippen molar-refractivity contribution in [1.29, 1.82) is 0 Å². The van der Waals surface area contributed by atoms with Gasteiger partial charge in [0, 0.05) is 27.7 Å². The molecule has 3 nitrogen and oxygen atoms in total. The van der Waals surface area contributed by atoms with Gasteiger partial charge in [0.1, 0.15) is 4.71 Å². The standard InChI is InChI=1S/C22H24Cl2N2OS2/c1-14-12-28-22(25-14)29-13-21(27)26-15(2)20(17-5-9-19(24)10-6-17)11-16-3-7-18(23)8-4-16/h3-10,12,15,20,22,25H,11,13H2,1-2H3,(H,26,27)/t15-,20+,22?/m1/s1. The quantitative estimate of drug-likeness (QED) is 0.497. The highest BCUT2D eigenvalue weighted by molar-refractivity contribution is 8.18. The number of carbonyl (C=O) groups is 1. The van der Waals surface area contributed by atoms with Gasteiger partial charge in [-0.1, -0.05) is 59.2 Å². The van der Waals surface area contributed by atoms with Gasteiger partial charge in [0.2, 0.25) is 5.91 Å². The zero-order valence-electron chi connectivity index (χ0n) is 16.3. The molecule has 1 amide bonds. The molecule has 29 heavy (non-hydrogen) atoms. The summed E-state index contributed by atoms with van der Waals surface area (Å²) in [6.07, 6.45) is 0.802. The minimum atomic E-state index is -0.0241. The molecular weight excluding hydrogens is 443 g/mol. The topological polar surface area (TPSA) is 41.1 Å². The average Bonchev–Trinajstić information content (AvgIpc) is 3.12. The summed E-state index contributed by atoms with van der Waals surface area (Å²) < 4.78 is 0.206. The van der Waals surface area contributed by atoms with Crippen molar-refractivity contribution in [3.63, 3.8) is 0 Å². The minimum absolute atomic E-state index is 0.0241. The fraction of sp³-hybridized carbons (Fsp3) is 0.318. The first-order valence-electron chi connectivity index (χ1n) is 9.40. The van der Waals surface area contributed by atoms with Gasteiger partial charge in [-0.25, -0.2) is 0 Å². The van der Waals surface area contributed by atoms with Gasteiger partial charge in [0.25, 0.3) is 0 Å². The molecule has 154 valence electrons. The monoisotopic (exact) mass is 466 g/mol. The highest BCUT2D eigenvalue weighted by atomic mass is 35.5. The number of halogens is 2. The fourth-order valence-corrected chi connectivity index (χ4v) is 5.46. The summed E-state index contributed by atoms with van der Waals surface area (Å²) in [5.74, 6) is 0.597. The van der Waals surface area contributed by atoms with E-state index in [1.54, 1.807) is 23.5 Å². The second kappa shape index (κ2) is 10.7. The van der Waals surface area contributed by atoms with E-state index in [1.165, 1.54) is 5.56 Å². The molecule has 1 aliphatic rings. The van der Waals surface area contributed by atoms with Crippen LogP contribution in [0.25, 0.3) is 0 Å². The Bertz CT molecular complexity index is 856. The van der Waals surface area contributed by atoms with E-state index in [1.807, 2.05) is 55.5 Å². The lowest BCUT2D eigenvalue weighted by Crippen LogP contribution is -2.39. The van der Waals surface area contributed by atoms with Crippen LogP contribution in [0.1, 0.15) is 30.9 Å². The Morgan fingerprint density at radius 3 is 2.34 bits per heavy atom. The predicted molar refractivity (Wildman–Crippen MR) is 128 cm³/mol. The van der Waals surface area contributed by atoms with Gasteiger partial charge in [-0.3, -0.25) is 4.79 Å². The van der Waals surface area contributed by atoms with Gasteiger partial charge in [-0.15, -0.1) is 11.8 Å². The van der Waals surface area contributed by atoms with Crippen LogP contribution in [0, 0.1) is 0 Å². The smallest absolute Gasteiger partial charge is 0.230 e. The number of carbonyl (C=O) groups excluding carboxylic acids is 1. The third kappa shape index (κ3) is 6.88. The average molecular weight is 467 g/mol. The van der Waals surface area contributed by atoms with Crippen LogP contribution in [-0.2, 0) is 11.2 Å². The molecule has 1 heterocycles. The SMILES string of the molecule is CC1=CSC(SCC(=O)N[C@H](C)[C@H](Cc2ccc(Cl)cc2)c2ccc(Cl)cc2)N1. The maximum atomic E-state index is 12.6. The van der Waals surface area contributed by atoms with Crippen LogP contribution in [0.15, 0.2) is 59.6 Å². The first kappa shape index (κ1) is 22.4. The van der Waals surface area contributed by atoms with Gasteiger partial charge in [-0.05, 0) is 61.1 Å². The second-order valence-corrected chi connectivity index (χ2v) is 10.3. The Balaban J connectivity index is 1.64. The number of rotatable bonds is 8. The van der Waals surface area contributed by atoms with Gasteiger partial charge in [-0.2, -0.15) is 0 Å². The third-order valence-electron chi connectivity index (χ3n) is 4.74. The van der Waals surface area contributed by atoms with Gasteiger partial charge < -0.3 is 10.6 Å². The highest BCUT2D eigenvalue weighted by Crippen LogP contribution is 2.30. The lowest BCUT2D eigenvalue weighted by molar-refractivity contribution is -0.119. The fourth-order valence-electron chi connectivity index (χ4n) is 3.21. The third-order valence-corrected chi connectivity index (χ3v) is 7.69. The van der Waals surface area contributed by atoms with E-state index >= 15 is 0 Å². The summed E-state index contributed by atoms with van der Waals surface area (Å²) in [5.41, 5.74) is 3.47. The Morgan fingerprint density at radius 2 is 1.76 bits per heavy atom. The van der Waals surface area contributed by atoms with E-state index in [0.717, 1.165) is 22.7 Å². The van der Waals surface area contributed by atoms with Crippen molar-refractivity contribution in [1.82, 2.24) is 10.6 Å². The molecule has 2 N–H and O–H groups in total. The first-order valence-corrected chi connectivity index (χ1v) is 12.1. The molecule has 2 aromatic carbocycles. The van der Waals surface area contributed by atoms with Crippen LogP contribution in [0.5, 0.6) is 0 Å². The molecule has 0 saturated heterocycles. The van der Waals surface area contributed by atoms with E-state index in [0.29, 0.717) is 10.8 Å². The summed E-state index contributed by atoms with van der Waals surface area (Å²) in [6, 6.07) is 15.7. The van der Waals surface area contributed by atoms with Crippen LogP contribution >= 0.6 is 46.7 Å². The number of nitrogens with one attached hydrogen (secondary N) is 2. The number of hydrogen-bond donors (Lipinski definition) is 2. The zero-order chi connectivity index (χ0) is 20.8. The molecule has 0 aliphatic carbocycles. The maximum Gasteiger partial charge on any atom is 0.230 e. The lowest BCUT2D eigenvalue weighted by atomic mass is 9.86. The predicted octanol–water partition coefficient (Wildman–Crippen LogP) is 6.04. The molecule has 0 spiro atoms. The van der Waals surface area contributed by atoms with Crippen molar-refractivity contribution >= 4 is 52.6 Å².